The van der Waals surface area contributed by atoms with Gasteiger partial charge in [0.15, 0.2) is 0 Å². The van der Waals surface area contributed by atoms with E-state index < -0.39 is 0 Å². The van der Waals surface area contributed by atoms with Crippen LogP contribution in [0.1, 0.15) is 33.3 Å². The first-order valence-electron chi connectivity index (χ1n) is 5.38. The molecule has 0 radical (unpaired) electrons. The maximum absolute atomic E-state index is 6.96. The van der Waals surface area contributed by atoms with Crippen LogP contribution in [0.25, 0.3) is 6.08 Å². The van der Waals surface area contributed by atoms with Gasteiger partial charge in [-0.1, -0.05) is 58.0 Å². The lowest BCUT2D eigenvalue weighted by Crippen LogP contribution is -1.78. The van der Waals surface area contributed by atoms with Crippen molar-refractivity contribution < 1.29 is 0 Å². The highest BCUT2D eigenvalue weighted by atomic mass is 15.0. The molecule has 2 nitrogen and oxygen atoms in total. The number of benzene rings is 1. The van der Waals surface area contributed by atoms with E-state index in [0.717, 1.165) is 11.3 Å². The molecule has 0 aliphatic heterocycles. The minimum Gasteiger partial charge on any atom is -0.204 e. The van der Waals surface area contributed by atoms with Crippen LogP contribution in [0, 0.1) is 11.4 Å². The molecule has 15 heavy (non-hydrogen) atoms. The lowest BCUT2D eigenvalue weighted by atomic mass is 10.1. The van der Waals surface area contributed by atoms with Gasteiger partial charge in [-0.05, 0) is 12.0 Å². The summed E-state index contributed by atoms with van der Waals surface area (Å²) in [7, 11) is 0. The summed E-state index contributed by atoms with van der Waals surface area (Å²) in [6.45, 7) is 8.24. The Kier molecular flexibility index (Phi) is 7.16. The topological polar surface area (TPSA) is 36.2 Å². The highest BCUT2D eigenvalue weighted by Gasteiger charge is 1.95. The molecule has 0 heterocycles. The quantitative estimate of drug-likeness (QED) is 0.669. The van der Waals surface area contributed by atoms with Crippen molar-refractivity contribution in [2.24, 2.45) is 11.0 Å². The van der Waals surface area contributed by atoms with Crippen molar-refractivity contribution in [3.63, 3.8) is 0 Å². The van der Waals surface area contributed by atoms with Crippen molar-refractivity contribution in [1.82, 2.24) is 0 Å². The zero-order chi connectivity index (χ0) is 11.7. The summed E-state index contributed by atoms with van der Waals surface area (Å²) in [5.41, 5.74) is 8.69. The summed E-state index contributed by atoms with van der Waals surface area (Å²) in [6, 6.07) is 7.65. The zero-order valence-corrected chi connectivity index (χ0v) is 9.99. The maximum Gasteiger partial charge on any atom is 0.0922 e. The number of hydrogen-bond donors (Lipinski definition) is 1. The van der Waals surface area contributed by atoms with Gasteiger partial charge in [0.25, 0.3) is 0 Å². The average molecular weight is 204 g/mol. The van der Waals surface area contributed by atoms with Crippen molar-refractivity contribution in [2.75, 3.05) is 0 Å². The Morgan fingerprint density at radius 1 is 1.20 bits per heavy atom. The van der Waals surface area contributed by atoms with E-state index in [1.54, 1.807) is 0 Å². The first-order valence-corrected chi connectivity index (χ1v) is 5.38. The molecule has 82 valence electrons. The summed E-state index contributed by atoms with van der Waals surface area (Å²) in [5, 5.41) is 3.45. The fourth-order valence-corrected chi connectivity index (χ4v) is 1.03. The van der Waals surface area contributed by atoms with E-state index in [4.69, 9.17) is 5.53 Å². The van der Waals surface area contributed by atoms with Crippen LogP contribution >= 0.6 is 0 Å². The van der Waals surface area contributed by atoms with Gasteiger partial charge < -0.3 is 0 Å². The van der Waals surface area contributed by atoms with Gasteiger partial charge >= 0.3 is 0 Å². The lowest BCUT2D eigenvalue weighted by molar-refractivity contribution is 0.836. The Morgan fingerprint density at radius 3 is 2.33 bits per heavy atom. The smallest absolute Gasteiger partial charge is 0.0922 e. The Balaban J connectivity index is 0.000000921. The second-order valence-corrected chi connectivity index (χ2v) is 3.27. The molecule has 1 aromatic rings. The monoisotopic (exact) mass is 204 g/mol. The fraction of sp³-hybridized carbons (Fsp3) is 0.385. The highest BCUT2D eigenvalue weighted by molar-refractivity contribution is 5.63. The standard InChI is InChI=1S/C11H14N2.C2H6/c1-9(2)7-8-10-5-3-4-6-11(10)13-12;1-2/h3-9,12H,1-2H3;1-2H3/b8-7-,13-12?;. The molecule has 2 heteroatoms. The number of nitrogens with one attached hydrogen (secondary N) is 1. The Labute approximate surface area is 92.5 Å². The SMILES string of the molecule is CC.CC(C)/C=C\c1ccccc1N=N. The van der Waals surface area contributed by atoms with Crippen LogP contribution in [0.5, 0.6) is 0 Å². The van der Waals surface area contributed by atoms with Gasteiger partial charge in [-0.15, -0.1) is 0 Å². The number of nitrogens with zero attached hydrogens (tertiary/aromatic N) is 1. The van der Waals surface area contributed by atoms with E-state index >= 15 is 0 Å². The van der Waals surface area contributed by atoms with Crippen molar-refractivity contribution in [2.45, 2.75) is 27.7 Å². The predicted octanol–water partition coefficient (Wildman–Crippen LogP) is 5.04. The molecule has 1 rings (SSSR count). The molecule has 0 saturated heterocycles. The molecule has 0 fully saturated rings. The normalized spacial score (nSPS) is 9.93. The Hall–Kier alpha value is -1.44. The highest BCUT2D eigenvalue weighted by Crippen LogP contribution is 2.19. The van der Waals surface area contributed by atoms with Crippen LogP contribution in [0.15, 0.2) is 35.5 Å². The lowest BCUT2D eigenvalue weighted by Gasteiger charge is -1.98. The van der Waals surface area contributed by atoms with Gasteiger partial charge in [-0.3, -0.25) is 0 Å². The largest absolute Gasteiger partial charge is 0.204 e. The number of allylic oxidation sites excluding steroid dienone is 1. The van der Waals surface area contributed by atoms with E-state index in [1.807, 2.05) is 44.2 Å². The van der Waals surface area contributed by atoms with Gasteiger partial charge in [-0.25, -0.2) is 5.53 Å². The molecule has 0 aliphatic rings. The molecule has 0 bridgehead atoms. The molecule has 0 amide bonds. The summed E-state index contributed by atoms with van der Waals surface area (Å²) in [4.78, 5) is 0. The molecule has 0 aromatic heterocycles. The van der Waals surface area contributed by atoms with Crippen molar-refractivity contribution in [3.8, 4) is 0 Å². The fourth-order valence-electron chi connectivity index (χ4n) is 1.03. The van der Waals surface area contributed by atoms with Crippen LogP contribution in [-0.4, -0.2) is 0 Å². The van der Waals surface area contributed by atoms with Gasteiger partial charge in [0.1, 0.15) is 0 Å². The molecular formula is C13H20N2. The number of rotatable bonds is 3. The van der Waals surface area contributed by atoms with Crippen molar-refractivity contribution in [1.29, 1.82) is 5.53 Å². The molecule has 0 atom stereocenters. The Morgan fingerprint density at radius 2 is 1.80 bits per heavy atom. The van der Waals surface area contributed by atoms with Gasteiger partial charge in [0.2, 0.25) is 0 Å². The number of para-hydroxylation sites is 1. The van der Waals surface area contributed by atoms with E-state index in [-0.39, 0.29) is 0 Å². The van der Waals surface area contributed by atoms with E-state index in [1.165, 1.54) is 0 Å². The molecular weight excluding hydrogens is 184 g/mol. The molecule has 0 aliphatic carbocycles. The van der Waals surface area contributed by atoms with E-state index in [0.29, 0.717) is 5.92 Å². The van der Waals surface area contributed by atoms with Gasteiger partial charge in [0, 0.05) is 5.56 Å². The third-order valence-electron chi connectivity index (χ3n) is 1.72. The summed E-state index contributed by atoms with van der Waals surface area (Å²) in [6.07, 6.45) is 4.11. The third-order valence-corrected chi connectivity index (χ3v) is 1.72. The molecule has 0 unspecified atom stereocenters. The van der Waals surface area contributed by atoms with Crippen LogP contribution in [-0.2, 0) is 0 Å². The van der Waals surface area contributed by atoms with Crippen molar-refractivity contribution >= 4 is 11.8 Å². The van der Waals surface area contributed by atoms with Crippen molar-refractivity contribution in [3.05, 3.63) is 35.9 Å². The minimum absolute atomic E-state index is 0.527. The molecule has 0 saturated carbocycles. The molecule has 1 aromatic carbocycles. The third kappa shape index (κ3) is 5.11. The second-order valence-electron chi connectivity index (χ2n) is 3.27. The van der Waals surface area contributed by atoms with E-state index in [2.05, 4.69) is 25.0 Å². The predicted molar refractivity (Wildman–Crippen MR) is 66.5 cm³/mol. The van der Waals surface area contributed by atoms with Crippen LogP contribution in [0.2, 0.25) is 0 Å². The first-order chi connectivity index (χ1) is 7.24. The maximum atomic E-state index is 6.96. The van der Waals surface area contributed by atoms with Crippen LogP contribution in [0.4, 0.5) is 5.69 Å². The van der Waals surface area contributed by atoms with Gasteiger partial charge in [0.05, 0.1) is 5.69 Å². The summed E-state index contributed by atoms with van der Waals surface area (Å²) < 4.78 is 0. The van der Waals surface area contributed by atoms with Crippen LogP contribution in [0.3, 0.4) is 0 Å². The zero-order valence-electron chi connectivity index (χ0n) is 9.99. The summed E-state index contributed by atoms with van der Waals surface area (Å²) in [5.74, 6) is 0.527. The second kappa shape index (κ2) is 7.92. The molecule has 0 spiro atoms. The summed E-state index contributed by atoms with van der Waals surface area (Å²) >= 11 is 0. The van der Waals surface area contributed by atoms with Gasteiger partial charge in [-0.2, -0.15) is 5.11 Å². The number of hydrogen-bond acceptors (Lipinski definition) is 2. The minimum atomic E-state index is 0.527. The average Bonchev–Trinajstić information content (AvgIpc) is 2.29. The Bertz CT molecular complexity index is 314. The first kappa shape index (κ1) is 13.6. The molecule has 1 N–H and O–H groups in total. The van der Waals surface area contributed by atoms with E-state index in [9.17, 15) is 0 Å². The van der Waals surface area contributed by atoms with Crippen LogP contribution < -0.4 is 0 Å².